The zero-order valence-corrected chi connectivity index (χ0v) is 25.6. The van der Waals surface area contributed by atoms with Gasteiger partial charge in [-0.15, -0.1) is 0 Å². The summed E-state index contributed by atoms with van der Waals surface area (Å²) in [5, 5.41) is 6.38. The first-order chi connectivity index (χ1) is 23.8. The van der Waals surface area contributed by atoms with Crippen LogP contribution in [0.1, 0.15) is 0 Å². The molecule has 7 aromatic carbocycles. The molecule has 0 saturated carbocycles. The van der Waals surface area contributed by atoms with Gasteiger partial charge < -0.3 is 8.83 Å². The van der Waals surface area contributed by atoms with Crippen molar-refractivity contribution < 1.29 is 8.83 Å². The smallest absolute Gasteiger partial charge is 0.164 e. The molecule has 10 aromatic rings. The van der Waals surface area contributed by atoms with Crippen molar-refractivity contribution >= 4 is 54.6 Å². The Bertz CT molecular complexity index is 2780. The van der Waals surface area contributed by atoms with E-state index < -0.39 is 0 Å². The highest BCUT2D eigenvalue weighted by Gasteiger charge is 2.21. The topological polar surface area (TPSA) is 65.0 Å². The van der Waals surface area contributed by atoms with E-state index in [4.69, 9.17) is 23.8 Å². The second-order valence-electron chi connectivity index (χ2n) is 12.0. The number of benzene rings is 7. The molecule has 0 radical (unpaired) electrons. The number of furan rings is 2. The molecule has 48 heavy (non-hydrogen) atoms. The molecule has 0 saturated heterocycles. The SMILES string of the molecule is c1ccc(-c2nc(-c3ccccc3)nc(-c3ccc(-c4ccc5ccc6c7ccccc7oc6c5c4)c4oc5ccccc5c34)n2)cc1. The number of aromatic nitrogens is 3. The van der Waals surface area contributed by atoms with Gasteiger partial charge in [0.1, 0.15) is 22.3 Å². The Morgan fingerprint density at radius 1 is 0.354 bits per heavy atom. The molecule has 10 rings (SSSR count). The zero-order valence-electron chi connectivity index (χ0n) is 25.6. The van der Waals surface area contributed by atoms with Crippen LogP contribution in [0.25, 0.3) is 99.9 Å². The molecule has 0 N–H and O–H groups in total. The lowest BCUT2D eigenvalue weighted by atomic mass is 9.95. The third-order valence-electron chi connectivity index (χ3n) is 9.14. The van der Waals surface area contributed by atoms with Crippen LogP contribution in [0.15, 0.2) is 160 Å². The number of hydrogen-bond acceptors (Lipinski definition) is 5. The molecule has 3 heterocycles. The summed E-state index contributed by atoms with van der Waals surface area (Å²) in [5.74, 6) is 1.83. The second kappa shape index (κ2) is 10.5. The summed E-state index contributed by atoms with van der Waals surface area (Å²) in [6.07, 6.45) is 0. The van der Waals surface area contributed by atoms with Gasteiger partial charge in [0.15, 0.2) is 17.5 Å². The number of rotatable bonds is 4. The molecule has 0 unspecified atom stereocenters. The second-order valence-corrected chi connectivity index (χ2v) is 12.0. The van der Waals surface area contributed by atoms with Gasteiger partial charge in [0, 0.05) is 49.2 Å². The summed E-state index contributed by atoms with van der Waals surface area (Å²) in [7, 11) is 0. The fourth-order valence-electron chi connectivity index (χ4n) is 6.84. The van der Waals surface area contributed by atoms with Crippen molar-refractivity contribution in [3.8, 4) is 45.3 Å². The molecule has 0 spiro atoms. The predicted octanol–water partition coefficient (Wildman–Crippen LogP) is 11.5. The third kappa shape index (κ3) is 4.15. The van der Waals surface area contributed by atoms with Crippen molar-refractivity contribution in [2.45, 2.75) is 0 Å². The maximum Gasteiger partial charge on any atom is 0.164 e. The average Bonchev–Trinajstić information content (AvgIpc) is 3.74. The van der Waals surface area contributed by atoms with Gasteiger partial charge in [-0.05, 0) is 47.3 Å². The van der Waals surface area contributed by atoms with E-state index in [0.29, 0.717) is 17.5 Å². The fraction of sp³-hybridized carbons (Fsp3) is 0. The molecule has 0 atom stereocenters. The normalized spacial score (nSPS) is 11.8. The van der Waals surface area contributed by atoms with Crippen LogP contribution in [0.4, 0.5) is 0 Å². The minimum absolute atomic E-state index is 0.591. The Hall–Kier alpha value is -6.59. The lowest BCUT2D eigenvalue weighted by Crippen LogP contribution is -2.00. The van der Waals surface area contributed by atoms with Gasteiger partial charge in [-0.3, -0.25) is 0 Å². The molecule has 0 aliphatic heterocycles. The predicted molar refractivity (Wildman–Crippen MR) is 194 cm³/mol. The monoisotopic (exact) mass is 615 g/mol. The maximum atomic E-state index is 6.68. The fourth-order valence-corrected chi connectivity index (χ4v) is 6.84. The van der Waals surface area contributed by atoms with Crippen LogP contribution in [0.2, 0.25) is 0 Å². The van der Waals surface area contributed by atoms with Gasteiger partial charge in [0.05, 0.1) is 0 Å². The lowest BCUT2D eigenvalue weighted by molar-refractivity contribution is 0.670. The summed E-state index contributed by atoms with van der Waals surface area (Å²) in [4.78, 5) is 15.0. The van der Waals surface area contributed by atoms with Crippen molar-refractivity contribution in [2.75, 3.05) is 0 Å². The van der Waals surface area contributed by atoms with E-state index in [9.17, 15) is 0 Å². The first-order valence-electron chi connectivity index (χ1n) is 15.9. The van der Waals surface area contributed by atoms with Crippen LogP contribution < -0.4 is 0 Å². The van der Waals surface area contributed by atoms with Crippen LogP contribution in [0.5, 0.6) is 0 Å². The van der Waals surface area contributed by atoms with Crippen molar-refractivity contribution in [3.63, 3.8) is 0 Å². The molecule has 224 valence electrons. The highest BCUT2D eigenvalue weighted by molar-refractivity contribution is 6.18. The summed E-state index contributed by atoms with van der Waals surface area (Å²) >= 11 is 0. The quantitative estimate of drug-likeness (QED) is 0.197. The van der Waals surface area contributed by atoms with E-state index in [0.717, 1.165) is 82.5 Å². The van der Waals surface area contributed by atoms with Gasteiger partial charge in [-0.2, -0.15) is 0 Å². The van der Waals surface area contributed by atoms with Crippen molar-refractivity contribution in [2.24, 2.45) is 0 Å². The average molecular weight is 616 g/mol. The summed E-state index contributed by atoms with van der Waals surface area (Å²) < 4.78 is 13.1. The van der Waals surface area contributed by atoms with E-state index in [2.05, 4.69) is 60.7 Å². The highest BCUT2D eigenvalue weighted by Crippen LogP contribution is 2.43. The Kier molecular flexibility index (Phi) is 5.81. The van der Waals surface area contributed by atoms with Gasteiger partial charge in [0.25, 0.3) is 0 Å². The largest absolute Gasteiger partial charge is 0.455 e. The first-order valence-corrected chi connectivity index (χ1v) is 15.9. The molecule has 3 aromatic heterocycles. The van der Waals surface area contributed by atoms with Crippen LogP contribution in [-0.4, -0.2) is 15.0 Å². The minimum Gasteiger partial charge on any atom is -0.455 e. The third-order valence-corrected chi connectivity index (χ3v) is 9.14. The lowest BCUT2D eigenvalue weighted by Gasteiger charge is -2.11. The molecule has 0 amide bonds. The van der Waals surface area contributed by atoms with E-state index in [1.54, 1.807) is 0 Å². The van der Waals surface area contributed by atoms with Crippen LogP contribution in [0.3, 0.4) is 0 Å². The van der Waals surface area contributed by atoms with Gasteiger partial charge in [-0.1, -0.05) is 115 Å². The molecule has 0 bridgehead atoms. The Morgan fingerprint density at radius 2 is 0.917 bits per heavy atom. The number of fused-ring (bicyclic) bond motifs is 8. The Labute approximate surface area is 274 Å². The van der Waals surface area contributed by atoms with E-state index >= 15 is 0 Å². The van der Waals surface area contributed by atoms with Crippen molar-refractivity contribution in [1.29, 1.82) is 0 Å². The van der Waals surface area contributed by atoms with E-state index in [-0.39, 0.29) is 0 Å². The highest BCUT2D eigenvalue weighted by atomic mass is 16.3. The number of para-hydroxylation sites is 2. The molecule has 0 fully saturated rings. The van der Waals surface area contributed by atoms with Gasteiger partial charge >= 0.3 is 0 Å². The molecule has 5 nitrogen and oxygen atoms in total. The Balaban J connectivity index is 1.23. The summed E-state index contributed by atoms with van der Waals surface area (Å²) in [6, 6.07) is 51.5. The standard InChI is InChI=1S/C43H25N3O2/c1-3-11-27(12-4-1)41-44-42(28-13-5-2-6-14-28)46-43(45-41)34-24-23-30(40-38(34)33-16-8-10-18-37(33)48-40)29-20-19-26-21-22-32-31-15-7-9-17-36(31)47-39(32)35(26)25-29/h1-25H. The maximum absolute atomic E-state index is 6.68. The van der Waals surface area contributed by atoms with E-state index in [1.165, 1.54) is 0 Å². The van der Waals surface area contributed by atoms with Crippen molar-refractivity contribution in [3.05, 3.63) is 152 Å². The summed E-state index contributed by atoms with van der Waals surface area (Å²) in [5.41, 5.74) is 8.13. The molecular formula is C43H25N3O2. The van der Waals surface area contributed by atoms with E-state index in [1.807, 2.05) is 91.0 Å². The summed E-state index contributed by atoms with van der Waals surface area (Å²) in [6.45, 7) is 0. The first kappa shape index (κ1) is 26.6. The van der Waals surface area contributed by atoms with Gasteiger partial charge in [-0.25, -0.2) is 15.0 Å². The van der Waals surface area contributed by atoms with Crippen LogP contribution in [0, 0.1) is 0 Å². The minimum atomic E-state index is 0.591. The number of nitrogens with zero attached hydrogens (tertiary/aromatic N) is 3. The van der Waals surface area contributed by atoms with Crippen LogP contribution in [-0.2, 0) is 0 Å². The Morgan fingerprint density at radius 3 is 1.65 bits per heavy atom. The van der Waals surface area contributed by atoms with Gasteiger partial charge in [0.2, 0.25) is 0 Å². The molecule has 0 aliphatic rings. The molecule has 0 aliphatic carbocycles. The zero-order chi connectivity index (χ0) is 31.6. The molecular weight excluding hydrogens is 590 g/mol. The number of hydrogen-bond donors (Lipinski definition) is 0. The van der Waals surface area contributed by atoms with Crippen LogP contribution >= 0.6 is 0 Å². The molecule has 5 heteroatoms. The van der Waals surface area contributed by atoms with Crippen molar-refractivity contribution in [1.82, 2.24) is 15.0 Å².